The Bertz CT molecular complexity index is 1030. The Morgan fingerprint density at radius 2 is 1.93 bits per heavy atom. The minimum atomic E-state index is -4.79. The maximum atomic E-state index is 14.1. The zero-order chi connectivity index (χ0) is 20.1. The highest BCUT2D eigenvalue weighted by Crippen LogP contribution is 2.61. The van der Waals surface area contributed by atoms with E-state index < -0.39 is 41.4 Å². The lowest BCUT2D eigenvalue weighted by atomic mass is 10.1. The van der Waals surface area contributed by atoms with Crippen molar-refractivity contribution in [2.75, 3.05) is 6.54 Å². The molecule has 0 spiro atoms. The van der Waals surface area contributed by atoms with Gasteiger partial charge in [-0.2, -0.15) is 13.2 Å². The van der Waals surface area contributed by atoms with Crippen LogP contribution < -0.4 is 5.32 Å². The summed E-state index contributed by atoms with van der Waals surface area (Å²) in [7, 11) is 0. The maximum Gasteiger partial charge on any atom is 0.450 e. The van der Waals surface area contributed by atoms with E-state index in [4.69, 9.17) is 0 Å². The summed E-state index contributed by atoms with van der Waals surface area (Å²) in [5.74, 6) is -7.42. The number of hydrogen-bond donors (Lipinski definition) is 1. The highest BCUT2D eigenvalue weighted by molar-refractivity contribution is 5.99. The first-order valence-corrected chi connectivity index (χ1v) is 8.31. The van der Waals surface area contributed by atoms with Crippen molar-refractivity contribution in [2.45, 2.75) is 18.0 Å². The second-order valence-electron chi connectivity index (χ2n) is 6.49. The van der Waals surface area contributed by atoms with Crippen molar-refractivity contribution in [3.05, 3.63) is 66.0 Å². The molecule has 28 heavy (non-hydrogen) atoms. The third-order valence-electron chi connectivity index (χ3n) is 4.76. The number of amides is 1. The van der Waals surface area contributed by atoms with Crippen LogP contribution in [-0.4, -0.2) is 32.7 Å². The summed E-state index contributed by atoms with van der Waals surface area (Å²) in [4.78, 5) is 19.4. The Morgan fingerprint density at radius 3 is 2.61 bits per heavy atom. The van der Waals surface area contributed by atoms with Crippen LogP contribution in [0.3, 0.4) is 0 Å². The Labute approximate surface area is 155 Å². The lowest BCUT2D eigenvalue weighted by Gasteiger charge is -2.03. The predicted octanol–water partition coefficient (Wildman–Crippen LogP) is 3.53. The average Bonchev–Trinajstić information content (AvgIpc) is 3.00. The number of nitrogens with one attached hydrogen (secondary N) is 1. The monoisotopic (exact) mass is 396 g/mol. The largest absolute Gasteiger partial charge is 0.450 e. The molecule has 1 aliphatic rings. The molecule has 1 fully saturated rings. The molecule has 1 aromatic carbocycles. The van der Waals surface area contributed by atoms with E-state index in [9.17, 15) is 26.7 Å². The summed E-state index contributed by atoms with van der Waals surface area (Å²) < 4.78 is 68.2. The fourth-order valence-electron chi connectivity index (χ4n) is 3.35. The summed E-state index contributed by atoms with van der Waals surface area (Å²) in [5.41, 5.74) is -0.224. The van der Waals surface area contributed by atoms with Crippen molar-refractivity contribution in [3.63, 3.8) is 0 Å². The van der Waals surface area contributed by atoms with Crippen molar-refractivity contribution < 1.29 is 26.7 Å². The van der Waals surface area contributed by atoms with Crippen molar-refractivity contribution in [1.29, 1.82) is 0 Å². The van der Waals surface area contributed by atoms with Gasteiger partial charge in [0.1, 0.15) is 0 Å². The molecule has 146 valence electrons. The van der Waals surface area contributed by atoms with Crippen LogP contribution in [0.5, 0.6) is 0 Å². The number of imidazole rings is 1. The van der Waals surface area contributed by atoms with Crippen LogP contribution in [0.25, 0.3) is 5.52 Å². The van der Waals surface area contributed by atoms with Crippen molar-refractivity contribution in [1.82, 2.24) is 19.7 Å². The van der Waals surface area contributed by atoms with E-state index in [1.807, 2.05) is 0 Å². The van der Waals surface area contributed by atoms with Crippen LogP contribution in [0.2, 0.25) is 0 Å². The third kappa shape index (κ3) is 2.98. The number of halogens is 5. The van der Waals surface area contributed by atoms with Gasteiger partial charge in [-0.05, 0) is 5.56 Å². The van der Waals surface area contributed by atoms with Crippen LogP contribution in [0.4, 0.5) is 22.0 Å². The van der Waals surface area contributed by atoms with Gasteiger partial charge >= 0.3 is 6.18 Å². The topological polar surface area (TPSA) is 59.3 Å². The SMILES string of the molecule is O=C(NC[C@@H]1[C@@H](c2ccccc2)C1(F)F)c1nc(C(F)(F)F)n2ccncc12. The molecule has 10 heteroatoms. The van der Waals surface area contributed by atoms with Crippen LogP contribution in [0.15, 0.2) is 48.9 Å². The molecule has 2 heterocycles. The lowest BCUT2D eigenvalue weighted by Crippen LogP contribution is -2.27. The van der Waals surface area contributed by atoms with Gasteiger partial charge in [-0.3, -0.25) is 14.2 Å². The zero-order valence-corrected chi connectivity index (χ0v) is 14.1. The van der Waals surface area contributed by atoms with Gasteiger partial charge in [0.2, 0.25) is 5.82 Å². The molecule has 0 aliphatic heterocycles. The molecule has 3 aromatic rings. The summed E-state index contributed by atoms with van der Waals surface area (Å²) in [6.07, 6.45) is -1.57. The minimum Gasteiger partial charge on any atom is -0.350 e. The van der Waals surface area contributed by atoms with Crippen molar-refractivity contribution in [2.24, 2.45) is 5.92 Å². The second-order valence-corrected chi connectivity index (χ2v) is 6.49. The molecule has 0 radical (unpaired) electrons. The van der Waals surface area contributed by atoms with Crippen LogP contribution in [0.1, 0.15) is 27.8 Å². The predicted molar refractivity (Wildman–Crippen MR) is 87.9 cm³/mol. The number of carbonyl (C=O) groups excluding carboxylic acids is 1. The van der Waals surface area contributed by atoms with Gasteiger partial charge in [-0.25, -0.2) is 13.8 Å². The first-order chi connectivity index (χ1) is 13.2. The molecule has 0 saturated heterocycles. The maximum absolute atomic E-state index is 14.1. The quantitative estimate of drug-likeness (QED) is 0.687. The molecule has 5 nitrogen and oxygen atoms in total. The van der Waals surface area contributed by atoms with Gasteiger partial charge in [-0.1, -0.05) is 30.3 Å². The van der Waals surface area contributed by atoms with E-state index in [-0.39, 0.29) is 12.1 Å². The third-order valence-corrected chi connectivity index (χ3v) is 4.76. The number of rotatable bonds is 4. The fourth-order valence-corrected chi connectivity index (χ4v) is 3.35. The molecular weight excluding hydrogens is 383 g/mol. The van der Waals surface area contributed by atoms with E-state index in [2.05, 4.69) is 15.3 Å². The summed E-state index contributed by atoms with van der Waals surface area (Å²) in [6.45, 7) is -0.383. The van der Waals surface area contributed by atoms with E-state index in [0.29, 0.717) is 9.96 Å². The molecule has 0 bridgehead atoms. The Balaban J connectivity index is 1.54. The summed E-state index contributed by atoms with van der Waals surface area (Å²) in [6, 6.07) is 8.14. The van der Waals surface area contributed by atoms with Crippen LogP contribution >= 0.6 is 0 Å². The standard InChI is InChI=1S/C18H13F5N4O/c19-17(20)11(13(17)10-4-2-1-3-5-10)8-25-15(28)14-12-9-24-6-7-27(12)16(26-14)18(21,22)23/h1-7,9,11,13H,8H2,(H,25,28)/t11-,13-/m1/s1. The van der Waals surface area contributed by atoms with E-state index >= 15 is 0 Å². The summed E-state index contributed by atoms with van der Waals surface area (Å²) in [5, 5.41) is 2.28. The molecule has 1 N–H and O–H groups in total. The fraction of sp³-hybridized carbons (Fsp3) is 0.278. The molecule has 2 aromatic heterocycles. The highest BCUT2D eigenvalue weighted by Gasteiger charge is 2.68. The van der Waals surface area contributed by atoms with E-state index in [0.717, 1.165) is 18.6 Å². The van der Waals surface area contributed by atoms with E-state index in [1.54, 1.807) is 30.3 Å². The number of hydrogen-bond acceptors (Lipinski definition) is 3. The highest BCUT2D eigenvalue weighted by atomic mass is 19.4. The Kier molecular flexibility index (Phi) is 4.09. The number of benzene rings is 1. The van der Waals surface area contributed by atoms with Gasteiger partial charge in [0, 0.05) is 18.9 Å². The number of alkyl halides is 5. The van der Waals surface area contributed by atoms with Crippen molar-refractivity contribution in [3.8, 4) is 0 Å². The van der Waals surface area contributed by atoms with E-state index in [1.165, 1.54) is 0 Å². The number of carbonyl (C=O) groups is 1. The lowest BCUT2D eigenvalue weighted by molar-refractivity contribution is -0.145. The number of aromatic nitrogens is 3. The van der Waals surface area contributed by atoms with Gasteiger partial charge in [-0.15, -0.1) is 0 Å². The van der Waals surface area contributed by atoms with Gasteiger partial charge in [0.15, 0.2) is 5.69 Å². The number of fused-ring (bicyclic) bond motifs is 1. The molecule has 2 atom stereocenters. The Hall–Kier alpha value is -3.04. The summed E-state index contributed by atoms with van der Waals surface area (Å²) >= 11 is 0. The first-order valence-electron chi connectivity index (χ1n) is 8.31. The number of nitrogens with zero attached hydrogens (tertiary/aromatic N) is 3. The molecule has 0 unspecified atom stereocenters. The molecular formula is C18H13F5N4O. The molecule has 1 saturated carbocycles. The Morgan fingerprint density at radius 1 is 1.21 bits per heavy atom. The van der Waals surface area contributed by atoms with Crippen LogP contribution in [0, 0.1) is 5.92 Å². The first kappa shape index (κ1) is 18.3. The van der Waals surface area contributed by atoms with Crippen molar-refractivity contribution >= 4 is 11.4 Å². The molecule has 1 amide bonds. The normalized spacial score (nSPS) is 20.9. The van der Waals surface area contributed by atoms with Gasteiger partial charge in [0.25, 0.3) is 11.8 Å². The second kappa shape index (κ2) is 6.25. The average molecular weight is 396 g/mol. The van der Waals surface area contributed by atoms with Gasteiger partial charge in [0.05, 0.1) is 23.5 Å². The smallest absolute Gasteiger partial charge is 0.350 e. The van der Waals surface area contributed by atoms with Gasteiger partial charge < -0.3 is 5.32 Å². The molecule has 4 rings (SSSR count). The van der Waals surface area contributed by atoms with Crippen LogP contribution in [-0.2, 0) is 6.18 Å². The zero-order valence-electron chi connectivity index (χ0n) is 14.1. The minimum absolute atomic E-state index is 0.158. The molecule has 1 aliphatic carbocycles.